The summed E-state index contributed by atoms with van der Waals surface area (Å²) in [6.45, 7) is 4.74. The molecule has 0 saturated heterocycles. The zero-order valence-electron chi connectivity index (χ0n) is 10.7. The van der Waals surface area contributed by atoms with Gasteiger partial charge in [0.25, 0.3) is 0 Å². The third-order valence-corrected chi connectivity index (χ3v) is 5.20. The molecule has 0 heterocycles. The highest BCUT2D eigenvalue weighted by Gasteiger charge is 2.36. The Kier molecular flexibility index (Phi) is 2.49. The third kappa shape index (κ3) is 1.87. The Morgan fingerprint density at radius 2 is 1.94 bits per heavy atom. The predicted molar refractivity (Wildman–Crippen MR) is 69.1 cm³/mol. The zero-order valence-corrected chi connectivity index (χ0v) is 10.7. The average molecular weight is 216 g/mol. The van der Waals surface area contributed by atoms with Crippen molar-refractivity contribution in [3.8, 4) is 0 Å². The van der Waals surface area contributed by atoms with Gasteiger partial charge in [0.15, 0.2) is 0 Å². The van der Waals surface area contributed by atoms with E-state index >= 15 is 0 Å². The van der Waals surface area contributed by atoms with Crippen molar-refractivity contribution in [2.75, 3.05) is 0 Å². The average Bonchev–Trinajstić information content (AvgIpc) is 2.95. The van der Waals surface area contributed by atoms with Crippen LogP contribution in [0.5, 0.6) is 0 Å². The van der Waals surface area contributed by atoms with Crippen LogP contribution in [0.4, 0.5) is 0 Å². The third-order valence-electron chi connectivity index (χ3n) is 5.20. The van der Waals surface area contributed by atoms with Crippen molar-refractivity contribution in [1.29, 1.82) is 0 Å². The first-order valence-corrected chi connectivity index (χ1v) is 7.02. The Labute approximate surface area is 99.8 Å². The molecule has 5 unspecified atom stereocenters. The SMILES string of the molecule is CC12C=CC(CC1)C2.CC1CC2C=CC1C2. The molecule has 16 heavy (non-hydrogen) atoms. The Balaban J connectivity index is 0.000000101. The molecule has 0 aliphatic heterocycles. The topological polar surface area (TPSA) is 0 Å². The van der Waals surface area contributed by atoms with Crippen molar-refractivity contribution < 1.29 is 0 Å². The fourth-order valence-corrected chi connectivity index (χ4v) is 4.06. The first kappa shape index (κ1) is 10.6. The van der Waals surface area contributed by atoms with Crippen LogP contribution in [0.2, 0.25) is 0 Å². The van der Waals surface area contributed by atoms with Crippen molar-refractivity contribution in [1.82, 2.24) is 0 Å². The molecule has 2 saturated carbocycles. The summed E-state index contributed by atoms with van der Waals surface area (Å²) >= 11 is 0. The molecule has 4 aliphatic rings. The minimum absolute atomic E-state index is 0.630. The molecule has 0 radical (unpaired) electrons. The first-order valence-electron chi connectivity index (χ1n) is 7.02. The lowest BCUT2D eigenvalue weighted by molar-refractivity contribution is 0.455. The van der Waals surface area contributed by atoms with Crippen molar-refractivity contribution >= 4 is 0 Å². The van der Waals surface area contributed by atoms with E-state index in [1.807, 2.05) is 0 Å². The molecular weight excluding hydrogens is 192 g/mol. The molecule has 0 aromatic carbocycles. The van der Waals surface area contributed by atoms with Crippen LogP contribution in [0.25, 0.3) is 0 Å². The lowest BCUT2D eigenvalue weighted by Gasteiger charge is -2.14. The summed E-state index contributed by atoms with van der Waals surface area (Å²) < 4.78 is 0. The first-order chi connectivity index (χ1) is 7.65. The normalized spacial score (nSPS) is 50.9. The standard InChI is InChI=1S/2C8H12/c1-8-4-2-7(6-8)3-5-8;1-6-4-7-2-3-8(6)5-7/h2,4,7H,3,5-6H2,1H3;2-3,6-8H,4-5H2,1H3. The van der Waals surface area contributed by atoms with Gasteiger partial charge in [-0.05, 0) is 61.2 Å². The van der Waals surface area contributed by atoms with E-state index in [0.717, 1.165) is 23.7 Å². The van der Waals surface area contributed by atoms with E-state index in [1.54, 1.807) is 0 Å². The van der Waals surface area contributed by atoms with Crippen LogP contribution in [-0.4, -0.2) is 0 Å². The van der Waals surface area contributed by atoms with Gasteiger partial charge in [-0.1, -0.05) is 38.2 Å². The van der Waals surface area contributed by atoms with E-state index in [2.05, 4.69) is 38.2 Å². The predicted octanol–water partition coefficient (Wildman–Crippen LogP) is 4.58. The van der Waals surface area contributed by atoms with Gasteiger partial charge < -0.3 is 0 Å². The summed E-state index contributed by atoms with van der Waals surface area (Å²) in [5, 5.41) is 0. The maximum Gasteiger partial charge on any atom is -0.0141 e. The van der Waals surface area contributed by atoms with E-state index in [1.165, 1.54) is 32.1 Å². The second-order valence-electron chi connectivity index (χ2n) is 6.77. The van der Waals surface area contributed by atoms with E-state index in [0.29, 0.717) is 5.41 Å². The van der Waals surface area contributed by atoms with Crippen molar-refractivity contribution in [3.05, 3.63) is 24.3 Å². The summed E-state index contributed by atoms with van der Waals surface area (Å²) in [6.07, 6.45) is 16.8. The van der Waals surface area contributed by atoms with Crippen LogP contribution >= 0.6 is 0 Å². The van der Waals surface area contributed by atoms with Crippen molar-refractivity contribution in [2.24, 2.45) is 29.1 Å². The minimum Gasteiger partial charge on any atom is -0.0851 e. The highest BCUT2D eigenvalue weighted by Crippen LogP contribution is 2.48. The Morgan fingerprint density at radius 1 is 1.06 bits per heavy atom. The Hall–Kier alpha value is -0.520. The highest BCUT2D eigenvalue weighted by atomic mass is 14.4. The highest BCUT2D eigenvalue weighted by molar-refractivity contribution is 5.13. The molecule has 88 valence electrons. The molecule has 0 aromatic heterocycles. The van der Waals surface area contributed by atoms with Gasteiger partial charge in [-0.2, -0.15) is 0 Å². The van der Waals surface area contributed by atoms with E-state index in [4.69, 9.17) is 0 Å². The summed E-state index contributed by atoms with van der Waals surface area (Å²) in [5.41, 5.74) is 0.630. The monoisotopic (exact) mass is 216 g/mol. The van der Waals surface area contributed by atoms with Crippen LogP contribution in [0.3, 0.4) is 0 Å². The molecule has 0 N–H and O–H groups in total. The molecule has 0 aromatic rings. The molecule has 0 amide bonds. The number of hydrogen-bond donors (Lipinski definition) is 0. The lowest BCUT2D eigenvalue weighted by Crippen LogP contribution is -2.02. The van der Waals surface area contributed by atoms with Crippen molar-refractivity contribution in [2.45, 2.75) is 46.0 Å². The van der Waals surface area contributed by atoms with E-state index in [-0.39, 0.29) is 0 Å². The fraction of sp³-hybridized carbons (Fsp3) is 0.750. The second kappa shape index (κ2) is 3.75. The number of fused-ring (bicyclic) bond motifs is 4. The van der Waals surface area contributed by atoms with E-state index < -0.39 is 0 Å². The van der Waals surface area contributed by atoms with Gasteiger partial charge in [0.05, 0.1) is 0 Å². The molecule has 4 bridgehead atoms. The van der Waals surface area contributed by atoms with Crippen LogP contribution in [0, 0.1) is 29.1 Å². The van der Waals surface area contributed by atoms with Crippen molar-refractivity contribution in [3.63, 3.8) is 0 Å². The van der Waals surface area contributed by atoms with Gasteiger partial charge in [-0.25, -0.2) is 0 Å². The fourth-order valence-electron chi connectivity index (χ4n) is 4.06. The Morgan fingerprint density at radius 3 is 2.12 bits per heavy atom. The van der Waals surface area contributed by atoms with Gasteiger partial charge in [-0.15, -0.1) is 0 Å². The van der Waals surface area contributed by atoms with Crippen LogP contribution in [0.1, 0.15) is 46.0 Å². The smallest absolute Gasteiger partial charge is 0.0141 e. The molecule has 4 rings (SSSR count). The largest absolute Gasteiger partial charge is 0.0851 e. The maximum atomic E-state index is 2.40. The lowest BCUT2D eigenvalue weighted by atomic mass is 9.91. The molecule has 0 spiro atoms. The van der Waals surface area contributed by atoms with Crippen LogP contribution in [0.15, 0.2) is 24.3 Å². The number of hydrogen-bond acceptors (Lipinski definition) is 0. The van der Waals surface area contributed by atoms with Gasteiger partial charge >= 0.3 is 0 Å². The van der Waals surface area contributed by atoms with Gasteiger partial charge in [0.1, 0.15) is 0 Å². The molecule has 5 atom stereocenters. The summed E-state index contributed by atoms with van der Waals surface area (Å²) in [7, 11) is 0. The quantitative estimate of drug-likeness (QED) is 0.520. The van der Waals surface area contributed by atoms with E-state index in [9.17, 15) is 0 Å². The molecular formula is C16H24. The van der Waals surface area contributed by atoms with Gasteiger partial charge in [0.2, 0.25) is 0 Å². The summed E-state index contributed by atoms with van der Waals surface area (Å²) in [5.74, 6) is 3.87. The van der Waals surface area contributed by atoms with Gasteiger partial charge in [0, 0.05) is 0 Å². The maximum absolute atomic E-state index is 2.40. The second-order valence-corrected chi connectivity index (χ2v) is 6.77. The summed E-state index contributed by atoms with van der Waals surface area (Å²) in [4.78, 5) is 0. The van der Waals surface area contributed by atoms with Gasteiger partial charge in [-0.3, -0.25) is 0 Å². The molecule has 0 heteroatoms. The summed E-state index contributed by atoms with van der Waals surface area (Å²) in [6, 6.07) is 0. The number of rotatable bonds is 0. The zero-order chi connectivity index (χ0) is 11.2. The minimum atomic E-state index is 0.630. The molecule has 4 aliphatic carbocycles. The van der Waals surface area contributed by atoms with Crippen LogP contribution < -0.4 is 0 Å². The van der Waals surface area contributed by atoms with Crippen LogP contribution in [-0.2, 0) is 0 Å². The molecule has 0 nitrogen and oxygen atoms in total. The number of allylic oxidation sites excluding steroid dienone is 4. The molecule has 2 fully saturated rings. The Bertz CT molecular complexity index is 325.